The topological polar surface area (TPSA) is 82.6 Å². The lowest BCUT2D eigenvalue weighted by atomic mass is 10.1. The first kappa shape index (κ1) is 21.7. The van der Waals surface area contributed by atoms with Crippen LogP contribution in [-0.4, -0.2) is 60.7 Å². The van der Waals surface area contributed by atoms with Crippen molar-refractivity contribution in [2.24, 2.45) is 0 Å². The Hall–Kier alpha value is -2.52. The van der Waals surface area contributed by atoms with E-state index in [9.17, 15) is 13.2 Å². The number of piperazine rings is 1. The number of rotatable bonds is 5. The van der Waals surface area contributed by atoms with Gasteiger partial charge in [0.25, 0.3) is 0 Å². The zero-order valence-corrected chi connectivity index (χ0v) is 18.6. The highest BCUT2D eigenvalue weighted by atomic mass is 35.5. The minimum Gasteiger partial charge on any atom is -0.324 e. The molecule has 1 fully saturated rings. The fourth-order valence-electron chi connectivity index (χ4n) is 3.74. The first-order chi connectivity index (χ1) is 14.9. The Kier molecular flexibility index (Phi) is 6.24. The number of hydrogen-bond acceptors (Lipinski definition) is 5. The Morgan fingerprint density at radius 1 is 1.03 bits per heavy atom. The Balaban J connectivity index is 1.41. The van der Waals surface area contributed by atoms with E-state index in [0.29, 0.717) is 31.9 Å². The second kappa shape index (κ2) is 8.92. The highest BCUT2D eigenvalue weighted by Gasteiger charge is 2.32. The lowest BCUT2D eigenvalue weighted by Gasteiger charge is -2.36. The van der Waals surface area contributed by atoms with Crippen molar-refractivity contribution in [3.8, 4) is 0 Å². The third kappa shape index (κ3) is 4.43. The number of hydrogen-bond donors (Lipinski definition) is 1. The summed E-state index contributed by atoms with van der Waals surface area (Å²) >= 11 is 6.09. The molecule has 1 aliphatic heterocycles. The molecule has 4 rings (SSSR count). The fourth-order valence-corrected chi connectivity index (χ4v) is 5.66. The zero-order valence-electron chi connectivity index (χ0n) is 17.0. The Morgan fingerprint density at radius 3 is 2.52 bits per heavy atom. The van der Waals surface area contributed by atoms with Crippen LogP contribution in [0, 0.1) is 0 Å². The van der Waals surface area contributed by atoms with Crippen LogP contribution in [0.5, 0.6) is 0 Å². The second-order valence-corrected chi connectivity index (χ2v) is 9.72. The molecule has 0 aliphatic carbocycles. The average molecular weight is 459 g/mol. The minimum absolute atomic E-state index is 0.112. The fraction of sp³-hybridized carbons (Fsp3) is 0.273. The maximum Gasteiger partial charge on any atom is 0.244 e. The van der Waals surface area contributed by atoms with Gasteiger partial charge in [-0.3, -0.25) is 14.7 Å². The van der Waals surface area contributed by atoms with E-state index in [4.69, 9.17) is 11.6 Å². The van der Waals surface area contributed by atoms with Crippen molar-refractivity contribution in [1.29, 1.82) is 0 Å². The molecule has 1 aliphatic rings. The van der Waals surface area contributed by atoms with E-state index >= 15 is 0 Å². The van der Waals surface area contributed by atoms with Gasteiger partial charge in [0.2, 0.25) is 15.9 Å². The molecular weight excluding hydrogens is 436 g/mol. The summed E-state index contributed by atoms with van der Waals surface area (Å²) in [7, 11) is -3.67. The van der Waals surface area contributed by atoms with E-state index < -0.39 is 16.1 Å². The van der Waals surface area contributed by atoms with Gasteiger partial charge in [-0.05, 0) is 43.3 Å². The van der Waals surface area contributed by atoms with Crippen LogP contribution in [0.1, 0.15) is 6.92 Å². The molecule has 0 bridgehead atoms. The highest BCUT2D eigenvalue weighted by molar-refractivity contribution is 7.89. The third-order valence-electron chi connectivity index (χ3n) is 5.56. The van der Waals surface area contributed by atoms with E-state index in [1.807, 2.05) is 42.2 Å². The molecule has 31 heavy (non-hydrogen) atoms. The van der Waals surface area contributed by atoms with Crippen LogP contribution in [0.25, 0.3) is 10.9 Å². The molecule has 3 aromatic rings. The molecule has 2 aromatic carbocycles. The van der Waals surface area contributed by atoms with E-state index in [1.165, 1.54) is 10.4 Å². The van der Waals surface area contributed by atoms with Gasteiger partial charge in [0, 0.05) is 37.8 Å². The summed E-state index contributed by atoms with van der Waals surface area (Å²) in [6.45, 7) is 3.33. The smallest absolute Gasteiger partial charge is 0.244 e. The molecule has 0 saturated carbocycles. The van der Waals surface area contributed by atoms with Crippen molar-refractivity contribution in [3.05, 3.63) is 65.8 Å². The van der Waals surface area contributed by atoms with Gasteiger partial charge in [0.15, 0.2) is 0 Å². The van der Waals surface area contributed by atoms with Crippen LogP contribution in [0.2, 0.25) is 5.02 Å². The van der Waals surface area contributed by atoms with E-state index in [2.05, 4.69) is 10.3 Å². The van der Waals surface area contributed by atoms with Crippen molar-refractivity contribution in [1.82, 2.24) is 14.2 Å². The number of sulfonamides is 1. The van der Waals surface area contributed by atoms with Crippen LogP contribution in [0.3, 0.4) is 0 Å². The number of fused-ring (bicyclic) bond motifs is 1. The predicted octanol–water partition coefficient (Wildman–Crippen LogP) is 3.22. The number of pyridine rings is 1. The van der Waals surface area contributed by atoms with Gasteiger partial charge < -0.3 is 5.32 Å². The minimum atomic E-state index is -3.67. The number of carbonyl (C=O) groups is 1. The number of amides is 1. The lowest BCUT2D eigenvalue weighted by Crippen LogP contribution is -2.53. The predicted molar refractivity (Wildman–Crippen MR) is 122 cm³/mol. The summed E-state index contributed by atoms with van der Waals surface area (Å²) in [5.41, 5.74) is 1.52. The quantitative estimate of drug-likeness (QED) is 0.634. The largest absolute Gasteiger partial charge is 0.324 e. The summed E-state index contributed by atoms with van der Waals surface area (Å²) in [6.07, 6.45) is 1.71. The molecule has 0 radical (unpaired) electrons. The third-order valence-corrected chi connectivity index (χ3v) is 7.96. The van der Waals surface area contributed by atoms with Gasteiger partial charge in [0.1, 0.15) is 4.90 Å². The highest BCUT2D eigenvalue weighted by Crippen LogP contribution is 2.26. The first-order valence-electron chi connectivity index (χ1n) is 10.0. The molecule has 0 spiro atoms. The second-order valence-electron chi connectivity index (χ2n) is 7.41. The van der Waals surface area contributed by atoms with Crippen LogP contribution < -0.4 is 5.32 Å². The lowest BCUT2D eigenvalue weighted by molar-refractivity contribution is -0.121. The van der Waals surface area contributed by atoms with Crippen molar-refractivity contribution in [2.45, 2.75) is 17.9 Å². The number of nitrogens with zero attached hydrogens (tertiary/aromatic N) is 3. The number of nitrogens with one attached hydrogen (secondary N) is 1. The summed E-state index contributed by atoms with van der Waals surface area (Å²) in [4.78, 5) is 19.3. The molecule has 1 saturated heterocycles. The summed E-state index contributed by atoms with van der Waals surface area (Å²) in [5, 5.41) is 4.07. The van der Waals surface area contributed by atoms with Crippen LogP contribution in [-0.2, 0) is 14.8 Å². The van der Waals surface area contributed by atoms with Gasteiger partial charge in [-0.2, -0.15) is 4.31 Å². The Bertz CT molecular complexity index is 1200. The number of benzene rings is 2. The monoisotopic (exact) mass is 458 g/mol. The van der Waals surface area contributed by atoms with Gasteiger partial charge in [-0.25, -0.2) is 8.42 Å². The normalized spacial score (nSPS) is 16.8. The molecule has 1 amide bonds. The van der Waals surface area contributed by atoms with Crippen LogP contribution >= 0.6 is 11.6 Å². The molecular formula is C22H23ClN4O3S. The molecule has 1 atom stereocenters. The summed E-state index contributed by atoms with van der Waals surface area (Å²) in [5.74, 6) is -0.140. The number of carbonyl (C=O) groups excluding carboxylic acids is 1. The number of anilines is 1. The van der Waals surface area contributed by atoms with Gasteiger partial charge in [0.05, 0.1) is 22.3 Å². The molecule has 162 valence electrons. The maximum absolute atomic E-state index is 12.9. The van der Waals surface area contributed by atoms with Crippen molar-refractivity contribution in [2.75, 3.05) is 31.5 Å². The van der Waals surface area contributed by atoms with E-state index in [-0.39, 0.29) is 15.8 Å². The molecule has 1 N–H and O–H groups in total. The van der Waals surface area contributed by atoms with Crippen molar-refractivity contribution in [3.63, 3.8) is 0 Å². The standard InChI is InChI=1S/C22H23ClN4O3S/c1-16(22(28)25-20-9-4-8-19-17(20)6-5-11-24-19)26-12-14-27(15-13-26)31(29,30)21-10-3-2-7-18(21)23/h2-11,16H,12-15H2,1H3,(H,25,28). The SMILES string of the molecule is CC(C(=O)Nc1cccc2ncccc12)N1CCN(S(=O)(=O)c2ccccc2Cl)CC1. The Labute approximate surface area is 186 Å². The molecule has 9 heteroatoms. The molecule has 2 heterocycles. The molecule has 1 aromatic heterocycles. The number of halogens is 1. The van der Waals surface area contributed by atoms with Gasteiger partial charge in [-0.15, -0.1) is 0 Å². The van der Waals surface area contributed by atoms with E-state index in [1.54, 1.807) is 24.4 Å². The van der Waals surface area contributed by atoms with Crippen LogP contribution in [0.4, 0.5) is 5.69 Å². The summed E-state index contributed by atoms with van der Waals surface area (Å²) in [6, 6.07) is 15.4. The van der Waals surface area contributed by atoms with Gasteiger partial charge >= 0.3 is 0 Å². The molecule has 7 nitrogen and oxygen atoms in total. The zero-order chi connectivity index (χ0) is 22.0. The average Bonchev–Trinajstić information content (AvgIpc) is 2.79. The summed E-state index contributed by atoms with van der Waals surface area (Å²) < 4.78 is 27.3. The maximum atomic E-state index is 12.9. The Morgan fingerprint density at radius 2 is 1.77 bits per heavy atom. The van der Waals surface area contributed by atoms with Crippen LogP contribution in [0.15, 0.2) is 65.7 Å². The van der Waals surface area contributed by atoms with Crippen molar-refractivity contribution >= 4 is 44.1 Å². The van der Waals surface area contributed by atoms with Crippen molar-refractivity contribution < 1.29 is 13.2 Å². The number of aromatic nitrogens is 1. The molecule has 1 unspecified atom stereocenters. The first-order valence-corrected chi connectivity index (χ1v) is 11.8. The van der Waals surface area contributed by atoms with E-state index in [0.717, 1.165) is 10.9 Å². The van der Waals surface area contributed by atoms with Gasteiger partial charge in [-0.1, -0.05) is 29.8 Å².